The van der Waals surface area contributed by atoms with E-state index in [0.717, 1.165) is 25.2 Å². The molecule has 1 N–H and O–H groups in total. The highest BCUT2D eigenvalue weighted by atomic mass is 35.5. The molecule has 0 spiro atoms. The maximum atomic E-state index is 12.3. The van der Waals surface area contributed by atoms with Crippen LogP contribution in [0.2, 0.25) is 0 Å². The van der Waals surface area contributed by atoms with Gasteiger partial charge in [-0.1, -0.05) is 6.92 Å². The van der Waals surface area contributed by atoms with Crippen molar-refractivity contribution in [3.63, 3.8) is 0 Å². The van der Waals surface area contributed by atoms with E-state index in [1.165, 1.54) is 40.5 Å². The standard InChI is InChI=1S/C16H19N3O3S2.ClH/c1-3-24(21,22)12-6-4-11(5-7-12)15(20)18-16-17-13-8-9-19(2)10-14(13)23-16;/h4-7H,3,8-10H2,1-2H3,(H,17,18,20);1H. The number of anilines is 1. The Bertz CT molecular complexity index is 863. The summed E-state index contributed by atoms with van der Waals surface area (Å²) >= 11 is 1.49. The fourth-order valence-electron chi connectivity index (χ4n) is 2.53. The molecule has 136 valence electrons. The van der Waals surface area contributed by atoms with Crippen LogP contribution in [0.5, 0.6) is 0 Å². The number of carbonyl (C=O) groups excluding carboxylic acids is 1. The van der Waals surface area contributed by atoms with Crippen molar-refractivity contribution in [2.75, 3.05) is 24.7 Å². The first-order valence-corrected chi connectivity index (χ1v) is 10.2. The third-order valence-corrected chi connectivity index (χ3v) is 6.75. The number of carbonyl (C=O) groups is 1. The van der Waals surface area contributed by atoms with Crippen LogP contribution in [0.4, 0.5) is 5.13 Å². The van der Waals surface area contributed by atoms with Crippen LogP contribution in [-0.2, 0) is 22.8 Å². The number of likely N-dealkylation sites (N-methyl/N-ethyl adjacent to an activating group) is 1. The number of benzene rings is 1. The number of fused-ring (bicyclic) bond motifs is 1. The SMILES string of the molecule is CCS(=O)(=O)c1ccc(C(=O)Nc2nc3c(s2)CN(C)CC3)cc1.Cl. The van der Waals surface area contributed by atoms with Crippen LogP contribution in [0.25, 0.3) is 0 Å². The molecule has 1 aliphatic rings. The van der Waals surface area contributed by atoms with Crippen LogP contribution in [0, 0.1) is 0 Å². The summed E-state index contributed by atoms with van der Waals surface area (Å²) in [5.41, 5.74) is 1.47. The summed E-state index contributed by atoms with van der Waals surface area (Å²) in [5.74, 6) is -0.243. The van der Waals surface area contributed by atoms with Gasteiger partial charge in [0.1, 0.15) is 0 Å². The lowest BCUT2D eigenvalue weighted by Crippen LogP contribution is -2.25. The van der Waals surface area contributed by atoms with Crippen LogP contribution < -0.4 is 5.32 Å². The van der Waals surface area contributed by atoms with Crippen molar-refractivity contribution >= 4 is 44.6 Å². The molecular formula is C16H20ClN3O3S2. The normalized spacial score (nSPS) is 14.5. The van der Waals surface area contributed by atoms with Gasteiger partial charge >= 0.3 is 0 Å². The minimum absolute atomic E-state index is 0. The summed E-state index contributed by atoms with van der Waals surface area (Å²) in [4.78, 5) is 20.4. The number of amides is 1. The molecule has 0 saturated heterocycles. The van der Waals surface area contributed by atoms with E-state index in [9.17, 15) is 13.2 Å². The summed E-state index contributed by atoms with van der Waals surface area (Å²) in [6.07, 6.45) is 0.891. The fraction of sp³-hybridized carbons (Fsp3) is 0.375. The molecule has 2 heterocycles. The molecule has 3 rings (SSSR count). The molecule has 0 aliphatic carbocycles. The van der Waals surface area contributed by atoms with Gasteiger partial charge in [-0.05, 0) is 31.3 Å². The third-order valence-electron chi connectivity index (χ3n) is 4.00. The third kappa shape index (κ3) is 4.38. The number of hydrogen-bond acceptors (Lipinski definition) is 6. The van der Waals surface area contributed by atoms with Gasteiger partial charge in [0.25, 0.3) is 5.91 Å². The van der Waals surface area contributed by atoms with E-state index < -0.39 is 9.84 Å². The predicted octanol–water partition coefficient (Wildman–Crippen LogP) is 2.60. The van der Waals surface area contributed by atoms with Crippen molar-refractivity contribution in [3.8, 4) is 0 Å². The second kappa shape index (κ2) is 7.82. The molecule has 25 heavy (non-hydrogen) atoms. The molecule has 0 saturated carbocycles. The van der Waals surface area contributed by atoms with Gasteiger partial charge in [0.2, 0.25) is 0 Å². The Morgan fingerprint density at radius 1 is 1.32 bits per heavy atom. The Kier molecular flexibility index (Phi) is 6.21. The van der Waals surface area contributed by atoms with E-state index in [1.54, 1.807) is 6.92 Å². The predicted molar refractivity (Wildman–Crippen MR) is 102 cm³/mol. The van der Waals surface area contributed by atoms with E-state index in [4.69, 9.17) is 0 Å². The summed E-state index contributed by atoms with van der Waals surface area (Å²) in [6.45, 7) is 3.42. The summed E-state index contributed by atoms with van der Waals surface area (Å²) in [7, 11) is -1.19. The van der Waals surface area contributed by atoms with Gasteiger partial charge in [0.05, 0.1) is 16.3 Å². The molecule has 6 nitrogen and oxygen atoms in total. The number of thiazole rings is 1. The lowest BCUT2D eigenvalue weighted by atomic mass is 10.2. The molecule has 1 aromatic heterocycles. The number of hydrogen-bond donors (Lipinski definition) is 1. The van der Waals surface area contributed by atoms with E-state index in [2.05, 4.69) is 22.2 Å². The lowest BCUT2D eigenvalue weighted by molar-refractivity contribution is 0.102. The number of rotatable bonds is 4. The fourth-order valence-corrected chi connectivity index (χ4v) is 4.49. The molecule has 0 fully saturated rings. The topological polar surface area (TPSA) is 79.4 Å². The first kappa shape index (κ1) is 19.8. The molecule has 0 atom stereocenters. The highest BCUT2D eigenvalue weighted by Crippen LogP contribution is 2.28. The van der Waals surface area contributed by atoms with E-state index >= 15 is 0 Å². The van der Waals surface area contributed by atoms with Gasteiger partial charge in [-0.15, -0.1) is 23.7 Å². The lowest BCUT2D eigenvalue weighted by Gasteiger charge is -2.20. The number of halogens is 1. The highest BCUT2D eigenvalue weighted by Gasteiger charge is 2.19. The Morgan fingerprint density at radius 2 is 2.00 bits per heavy atom. The molecule has 0 bridgehead atoms. The van der Waals surface area contributed by atoms with Gasteiger partial charge in [0.15, 0.2) is 15.0 Å². The van der Waals surface area contributed by atoms with Crippen LogP contribution >= 0.6 is 23.7 Å². The van der Waals surface area contributed by atoms with E-state index in [0.29, 0.717) is 10.7 Å². The van der Waals surface area contributed by atoms with Crippen LogP contribution in [-0.4, -0.2) is 43.6 Å². The molecule has 1 amide bonds. The summed E-state index contributed by atoms with van der Waals surface area (Å²) in [6, 6.07) is 5.99. The second-order valence-corrected chi connectivity index (χ2v) is 9.12. The average molecular weight is 402 g/mol. The van der Waals surface area contributed by atoms with Gasteiger partial charge < -0.3 is 4.90 Å². The van der Waals surface area contributed by atoms with E-state index in [-0.39, 0.29) is 29.0 Å². The molecular weight excluding hydrogens is 382 g/mol. The Morgan fingerprint density at radius 3 is 2.64 bits per heavy atom. The van der Waals surface area contributed by atoms with Crippen molar-refractivity contribution in [3.05, 3.63) is 40.4 Å². The summed E-state index contributed by atoms with van der Waals surface area (Å²) in [5, 5.41) is 3.39. The largest absolute Gasteiger partial charge is 0.301 e. The van der Waals surface area contributed by atoms with Gasteiger partial charge in [-0.25, -0.2) is 13.4 Å². The first-order valence-electron chi connectivity index (χ1n) is 7.70. The number of sulfone groups is 1. The minimum Gasteiger partial charge on any atom is -0.301 e. The molecule has 0 radical (unpaired) electrons. The maximum Gasteiger partial charge on any atom is 0.257 e. The molecule has 9 heteroatoms. The summed E-state index contributed by atoms with van der Waals surface area (Å²) < 4.78 is 23.6. The molecule has 1 aromatic carbocycles. The smallest absolute Gasteiger partial charge is 0.257 e. The number of nitrogens with zero attached hydrogens (tertiary/aromatic N) is 2. The van der Waals surface area contributed by atoms with Gasteiger partial charge in [0, 0.05) is 30.0 Å². The zero-order valence-electron chi connectivity index (χ0n) is 14.0. The minimum atomic E-state index is -3.25. The van der Waals surface area contributed by atoms with Crippen LogP contribution in [0.3, 0.4) is 0 Å². The zero-order chi connectivity index (χ0) is 17.3. The first-order chi connectivity index (χ1) is 11.4. The van der Waals surface area contributed by atoms with Gasteiger partial charge in [-0.2, -0.15) is 0 Å². The van der Waals surface area contributed by atoms with Gasteiger partial charge in [-0.3, -0.25) is 10.1 Å². The monoisotopic (exact) mass is 401 g/mol. The highest BCUT2D eigenvalue weighted by molar-refractivity contribution is 7.91. The Balaban J connectivity index is 0.00000225. The quantitative estimate of drug-likeness (QED) is 0.851. The van der Waals surface area contributed by atoms with Crippen molar-refractivity contribution < 1.29 is 13.2 Å². The molecule has 0 unspecified atom stereocenters. The Labute approximate surface area is 157 Å². The Hall–Kier alpha value is -1.48. The number of nitrogens with one attached hydrogen (secondary N) is 1. The van der Waals surface area contributed by atoms with Crippen LogP contribution in [0.1, 0.15) is 27.9 Å². The molecule has 2 aromatic rings. The second-order valence-electron chi connectivity index (χ2n) is 5.76. The van der Waals surface area contributed by atoms with E-state index in [1.807, 2.05) is 0 Å². The van der Waals surface area contributed by atoms with Crippen molar-refractivity contribution in [1.82, 2.24) is 9.88 Å². The van der Waals surface area contributed by atoms with Crippen LogP contribution in [0.15, 0.2) is 29.2 Å². The molecule has 1 aliphatic heterocycles. The average Bonchev–Trinajstić information content (AvgIpc) is 2.96. The maximum absolute atomic E-state index is 12.3. The van der Waals surface area contributed by atoms with Crippen molar-refractivity contribution in [2.45, 2.75) is 24.8 Å². The van der Waals surface area contributed by atoms with Crippen molar-refractivity contribution in [2.24, 2.45) is 0 Å². The van der Waals surface area contributed by atoms with Crippen molar-refractivity contribution in [1.29, 1.82) is 0 Å². The zero-order valence-corrected chi connectivity index (χ0v) is 16.4. The number of aromatic nitrogens is 1.